The van der Waals surface area contributed by atoms with Crippen molar-refractivity contribution in [2.45, 2.75) is 91.8 Å². The van der Waals surface area contributed by atoms with Crippen LogP contribution < -0.4 is 4.74 Å². The summed E-state index contributed by atoms with van der Waals surface area (Å²) in [4.78, 5) is 28.7. The van der Waals surface area contributed by atoms with Crippen molar-refractivity contribution in [1.29, 1.82) is 0 Å². The standard InChI is InChI=1S/C35H47NO4/c1-24(2)19-29(35(38)40-30-13-9-10-14-30)21-27-15-17-36(18-16-27)34(37)32-22-31(25(3)4)33(20-26(32)5)39-23-28-11-7-6-8-12-28/h6-8,11-12,20,22,24,27,29-30H,3,9-10,13-19,21,23H2,1-2,4-5H3/t29-/m1/s1. The Kier molecular flexibility index (Phi) is 10.5. The van der Waals surface area contributed by atoms with Crippen molar-refractivity contribution < 1.29 is 19.1 Å². The molecule has 1 atom stereocenters. The maximum atomic E-state index is 13.6. The molecule has 216 valence electrons. The number of aryl methyl sites for hydroxylation is 1. The molecule has 4 rings (SSSR count). The summed E-state index contributed by atoms with van der Waals surface area (Å²) in [5.74, 6) is 1.66. The van der Waals surface area contributed by atoms with E-state index in [9.17, 15) is 9.59 Å². The monoisotopic (exact) mass is 545 g/mol. The number of carbonyl (C=O) groups is 2. The number of amides is 1. The van der Waals surface area contributed by atoms with Gasteiger partial charge in [-0.15, -0.1) is 0 Å². The van der Waals surface area contributed by atoms with E-state index in [1.807, 2.05) is 61.2 Å². The molecule has 0 bridgehead atoms. The zero-order valence-corrected chi connectivity index (χ0v) is 24.9. The molecule has 1 aliphatic carbocycles. The number of piperidine rings is 1. The molecule has 2 fully saturated rings. The predicted molar refractivity (Wildman–Crippen MR) is 161 cm³/mol. The number of hydrogen-bond donors (Lipinski definition) is 0. The average molecular weight is 546 g/mol. The number of esters is 1. The molecular formula is C35H47NO4. The predicted octanol–water partition coefficient (Wildman–Crippen LogP) is 8.00. The lowest BCUT2D eigenvalue weighted by atomic mass is 9.83. The fourth-order valence-corrected chi connectivity index (χ4v) is 6.17. The summed E-state index contributed by atoms with van der Waals surface area (Å²) in [5.41, 5.74) is 4.46. The van der Waals surface area contributed by atoms with E-state index in [4.69, 9.17) is 9.47 Å². The molecule has 1 heterocycles. The lowest BCUT2D eigenvalue weighted by Gasteiger charge is -2.34. The maximum Gasteiger partial charge on any atom is 0.309 e. The van der Waals surface area contributed by atoms with Gasteiger partial charge in [-0.05, 0) is 106 Å². The summed E-state index contributed by atoms with van der Waals surface area (Å²) in [6, 6.07) is 14.0. The third-order valence-electron chi connectivity index (χ3n) is 8.45. The van der Waals surface area contributed by atoms with Crippen molar-refractivity contribution in [2.24, 2.45) is 17.8 Å². The van der Waals surface area contributed by atoms with Gasteiger partial charge in [0.2, 0.25) is 0 Å². The molecule has 1 saturated heterocycles. The minimum absolute atomic E-state index is 0.00312. The molecule has 0 radical (unpaired) electrons. The Hall–Kier alpha value is -3.08. The van der Waals surface area contributed by atoms with E-state index in [1.165, 1.54) is 0 Å². The first-order chi connectivity index (χ1) is 19.2. The van der Waals surface area contributed by atoms with Crippen LogP contribution in [0.1, 0.15) is 99.2 Å². The molecule has 1 aliphatic heterocycles. The van der Waals surface area contributed by atoms with Crippen LogP contribution in [0.15, 0.2) is 49.0 Å². The Morgan fingerprint density at radius 3 is 2.30 bits per heavy atom. The Morgan fingerprint density at radius 2 is 1.68 bits per heavy atom. The number of benzene rings is 2. The van der Waals surface area contributed by atoms with Crippen LogP contribution in [0.3, 0.4) is 0 Å². The van der Waals surface area contributed by atoms with Gasteiger partial charge in [0, 0.05) is 24.2 Å². The van der Waals surface area contributed by atoms with E-state index in [0.29, 0.717) is 37.1 Å². The Labute approximate surface area is 240 Å². The first kappa shape index (κ1) is 29.9. The quantitative estimate of drug-likeness (QED) is 0.269. The third-order valence-corrected chi connectivity index (χ3v) is 8.45. The van der Waals surface area contributed by atoms with Crippen LogP contribution in [-0.2, 0) is 16.1 Å². The largest absolute Gasteiger partial charge is 0.488 e. The number of rotatable bonds is 11. The van der Waals surface area contributed by atoms with E-state index in [0.717, 1.165) is 79.4 Å². The van der Waals surface area contributed by atoms with E-state index in [2.05, 4.69) is 20.4 Å². The first-order valence-corrected chi connectivity index (χ1v) is 15.2. The second-order valence-corrected chi connectivity index (χ2v) is 12.4. The molecule has 5 nitrogen and oxygen atoms in total. The van der Waals surface area contributed by atoms with Crippen LogP contribution in [0.2, 0.25) is 0 Å². The zero-order chi connectivity index (χ0) is 28.6. The summed E-state index contributed by atoms with van der Waals surface area (Å²) in [5, 5.41) is 0. The van der Waals surface area contributed by atoms with Gasteiger partial charge in [-0.1, -0.05) is 50.8 Å². The maximum absolute atomic E-state index is 13.6. The van der Waals surface area contributed by atoms with Crippen LogP contribution in [0.25, 0.3) is 5.57 Å². The van der Waals surface area contributed by atoms with Gasteiger partial charge in [-0.25, -0.2) is 0 Å². The number of hydrogen-bond acceptors (Lipinski definition) is 4. The van der Waals surface area contributed by atoms with E-state index < -0.39 is 0 Å². The minimum atomic E-state index is -0.0448. The highest BCUT2D eigenvalue weighted by Gasteiger charge is 2.31. The smallest absolute Gasteiger partial charge is 0.309 e. The number of carbonyl (C=O) groups excluding carboxylic acids is 2. The molecule has 0 N–H and O–H groups in total. The van der Waals surface area contributed by atoms with E-state index in [-0.39, 0.29) is 23.9 Å². The second kappa shape index (κ2) is 14.0. The molecule has 0 unspecified atom stereocenters. The van der Waals surface area contributed by atoms with Crippen molar-refractivity contribution in [1.82, 2.24) is 4.90 Å². The molecule has 1 amide bonds. The Bertz CT molecular complexity index is 1160. The van der Waals surface area contributed by atoms with Gasteiger partial charge in [0.1, 0.15) is 18.5 Å². The summed E-state index contributed by atoms with van der Waals surface area (Å²) in [6.45, 7) is 14.3. The highest BCUT2D eigenvalue weighted by atomic mass is 16.5. The van der Waals surface area contributed by atoms with Gasteiger partial charge >= 0.3 is 5.97 Å². The summed E-state index contributed by atoms with van der Waals surface area (Å²) in [6.07, 6.45) is 8.02. The van der Waals surface area contributed by atoms with Crippen LogP contribution >= 0.6 is 0 Å². The topological polar surface area (TPSA) is 55.8 Å². The van der Waals surface area contributed by atoms with Gasteiger partial charge in [-0.2, -0.15) is 0 Å². The van der Waals surface area contributed by atoms with Gasteiger partial charge in [0.15, 0.2) is 0 Å². The summed E-state index contributed by atoms with van der Waals surface area (Å²) >= 11 is 0. The molecule has 0 aromatic heterocycles. The number of ether oxygens (including phenoxy) is 2. The molecular weight excluding hydrogens is 498 g/mol. The van der Waals surface area contributed by atoms with Gasteiger partial charge < -0.3 is 14.4 Å². The van der Waals surface area contributed by atoms with E-state index >= 15 is 0 Å². The molecule has 0 spiro atoms. The SMILES string of the molecule is C=C(C)c1cc(C(=O)N2CCC(C[C@@H](CC(C)C)C(=O)OC3CCCC3)CC2)c(C)cc1OCc1ccccc1. The number of allylic oxidation sites excluding steroid dienone is 1. The third kappa shape index (κ3) is 7.99. The van der Waals surface area contributed by atoms with Crippen molar-refractivity contribution in [3.63, 3.8) is 0 Å². The van der Waals surface area contributed by atoms with Crippen LogP contribution in [0.4, 0.5) is 0 Å². The number of likely N-dealkylation sites (tertiary alicyclic amines) is 1. The van der Waals surface area contributed by atoms with Gasteiger partial charge in [-0.3, -0.25) is 9.59 Å². The Balaban J connectivity index is 1.37. The lowest BCUT2D eigenvalue weighted by molar-refractivity contribution is -0.155. The second-order valence-electron chi connectivity index (χ2n) is 12.4. The zero-order valence-electron chi connectivity index (χ0n) is 24.9. The molecule has 2 aliphatic rings. The van der Waals surface area contributed by atoms with Gasteiger partial charge in [0.05, 0.1) is 5.92 Å². The highest BCUT2D eigenvalue weighted by molar-refractivity contribution is 5.97. The fourth-order valence-electron chi connectivity index (χ4n) is 6.17. The summed E-state index contributed by atoms with van der Waals surface area (Å²) < 4.78 is 12.1. The van der Waals surface area contributed by atoms with Gasteiger partial charge in [0.25, 0.3) is 5.91 Å². The van der Waals surface area contributed by atoms with Crippen LogP contribution in [0.5, 0.6) is 5.75 Å². The van der Waals surface area contributed by atoms with Crippen LogP contribution in [0, 0.1) is 24.7 Å². The normalized spacial score (nSPS) is 17.2. The van der Waals surface area contributed by atoms with Crippen molar-refractivity contribution >= 4 is 17.4 Å². The average Bonchev–Trinajstić information content (AvgIpc) is 3.45. The fraction of sp³-hybridized carbons (Fsp3) is 0.543. The molecule has 5 heteroatoms. The van der Waals surface area contributed by atoms with Crippen molar-refractivity contribution in [3.8, 4) is 5.75 Å². The van der Waals surface area contributed by atoms with Crippen LogP contribution in [-0.4, -0.2) is 36.0 Å². The molecule has 1 saturated carbocycles. The lowest BCUT2D eigenvalue weighted by Crippen LogP contribution is -2.39. The Morgan fingerprint density at radius 1 is 1.00 bits per heavy atom. The molecule has 2 aromatic carbocycles. The van der Waals surface area contributed by atoms with Crippen molar-refractivity contribution in [3.05, 3.63) is 71.3 Å². The minimum Gasteiger partial charge on any atom is -0.488 e. The van der Waals surface area contributed by atoms with Crippen molar-refractivity contribution in [2.75, 3.05) is 13.1 Å². The molecule has 2 aromatic rings. The highest BCUT2D eigenvalue weighted by Crippen LogP contribution is 2.33. The number of nitrogens with zero attached hydrogens (tertiary/aromatic N) is 1. The van der Waals surface area contributed by atoms with E-state index in [1.54, 1.807) is 0 Å². The molecule has 40 heavy (non-hydrogen) atoms. The summed E-state index contributed by atoms with van der Waals surface area (Å²) in [7, 11) is 0. The first-order valence-electron chi connectivity index (χ1n) is 15.2.